The van der Waals surface area contributed by atoms with Gasteiger partial charge in [-0.2, -0.15) is 0 Å². The van der Waals surface area contributed by atoms with Gasteiger partial charge >= 0.3 is 0 Å². The number of aryl methyl sites for hydroxylation is 2. The van der Waals surface area contributed by atoms with E-state index in [4.69, 9.17) is 10.2 Å². The van der Waals surface area contributed by atoms with Crippen LogP contribution in [0.3, 0.4) is 0 Å². The average molecular weight is 301 g/mol. The summed E-state index contributed by atoms with van der Waals surface area (Å²) in [5, 5.41) is 3.64. The molecular formula is C15H15N3O2S. The predicted molar refractivity (Wildman–Crippen MR) is 83.4 cm³/mol. The average Bonchev–Trinajstić information content (AvgIpc) is 3.00. The minimum Gasteiger partial charge on any atom is -0.465 e. The highest BCUT2D eigenvalue weighted by Crippen LogP contribution is 2.32. The number of furan rings is 1. The number of rotatable bonds is 3. The van der Waals surface area contributed by atoms with Gasteiger partial charge in [0.05, 0.1) is 12.2 Å². The van der Waals surface area contributed by atoms with E-state index in [9.17, 15) is 4.79 Å². The van der Waals surface area contributed by atoms with E-state index in [2.05, 4.69) is 10.3 Å². The number of carbonyl (C=O) groups excluding carboxylic acids is 1. The summed E-state index contributed by atoms with van der Waals surface area (Å²) in [4.78, 5) is 17.9. The van der Waals surface area contributed by atoms with Crippen LogP contribution in [0.15, 0.2) is 28.7 Å². The van der Waals surface area contributed by atoms with Crippen molar-refractivity contribution in [3.63, 3.8) is 0 Å². The first-order chi connectivity index (χ1) is 10.0. The largest absolute Gasteiger partial charge is 0.465 e. The van der Waals surface area contributed by atoms with E-state index < -0.39 is 0 Å². The molecule has 0 saturated carbocycles. The molecule has 0 bridgehead atoms. The second kappa shape index (κ2) is 5.21. The Labute approximate surface area is 125 Å². The molecule has 0 atom stereocenters. The maximum Gasteiger partial charge on any atom is 0.263 e. The molecule has 3 heterocycles. The first kappa shape index (κ1) is 13.6. The number of carbonyl (C=O) groups is 1. The maximum absolute atomic E-state index is 12.3. The summed E-state index contributed by atoms with van der Waals surface area (Å²) in [5.74, 6) is 1.33. The minimum atomic E-state index is -0.206. The summed E-state index contributed by atoms with van der Waals surface area (Å²) < 4.78 is 5.42. The summed E-state index contributed by atoms with van der Waals surface area (Å²) in [6, 6.07) is 7.49. The maximum atomic E-state index is 12.3. The predicted octanol–water partition coefficient (Wildman–Crippen LogP) is 3.02. The fraction of sp³-hybridized carbons (Fsp3) is 0.200. The Balaban J connectivity index is 1.82. The quantitative estimate of drug-likeness (QED) is 0.779. The first-order valence-corrected chi connectivity index (χ1v) is 7.35. The van der Waals surface area contributed by atoms with Crippen LogP contribution in [0.25, 0.3) is 10.2 Å². The standard InChI is InChI=1S/C15H15N3O2S/c1-8-3-6-11-12(16)13(21-15(11)18-8)14(19)17-7-10-5-4-9(2)20-10/h3-6H,7,16H2,1-2H3,(H,17,19). The molecule has 0 aromatic carbocycles. The zero-order chi connectivity index (χ0) is 15.0. The second-order valence-electron chi connectivity index (χ2n) is 4.85. The van der Waals surface area contributed by atoms with Gasteiger partial charge < -0.3 is 15.5 Å². The summed E-state index contributed by atoms with van der Waals surface area (Å²) in [6.07, 6.45) is 0. The number of thiophene rings is 1. The number of nitrogen functional groups attached to an aromatic ring is 1. The Morgan fingerprint density at radius 2 is 2.14 bits per heavy atom. The van der Waals surface area contributed by atoms with Gasteiger partial charge in [-0.25, -0.2) is 4.98 Å². The van der Waals surface area contributed by atoms with E-state index >= 15 is 0 Å². The molecule has 0 spiro atoms. The lowest BCUT2D eigenvalue weighted by molar-refractivity contribution is 0.0953. The minimum absolute atomic E-state index is 0.206. The molecule has 0 radical (unpaired) electrons. The van der Waals surface area contributed by atoms with Crippen molar-refractivity contribution in [3.05, 3.63) is 46.4 Å². The molecule has 108 valence electrons. The third-order valence-electron chi connectivity index (χ3n) is 3.16. The van der Waals surface area contributed by atoms with Crippen molar-refractivity contribution in [2.45, 2.75) is 20.4 Å². The fourth-order valence-corrected chi connectivity index (χ4v) is 3.14. The Morgan fingerprint density at radius 3 is 2.86 bits per heavy atom. The third kappa shape index (κ3) is 2.62. The van der Waals surface area contributed by atoms with Crippen molar-refractivity contribution in [3.8, 4) is 0 Å². The molecule has 0 saturated heterocycles. The number of aromatic nitrogens is 1. The molecule has 6 heteroatoms. The molecule has 0 aliphatic carbocycles. The van der Waals surface area contributed by atoms with Crippen LogP contribution in [0.4, 0.5) is 5.69 Å². The van der Waals surface area contributed by atoms with E-state index in [1.54, 1.807) is 0 Å². The van der Waals surface area contributed by atoms with Crippen LogP contribution in [0, 0.1) is 13.8 Å². The highest BCUT2D eigenvalue weighted by atomic mass is 32.1. The summed E-state index contributed by atoms with van der Waals surface area (Å²) in [6.45, 7) is 4.12. The van der Waals surface area contributed by atoms with Gasteiger partial charge in [-0.1, -0.05) is 0 Å². The molecule has 3 N–H and O–H groups in total. The number of fused-ring (bicyclic) bond motifs is 1. The van der Waals surface area contributed by atoms with Crippen molar-refractivity contribution in [2.75, 3.05) is 5.73 Å². The highest BCUT2D eigenvalue weighted by Gasteiger charge is 2.17. The van der Waals surface area contributed by atoms with Crippen molar-refractivity contribution in [1.29, 1.82) is 0 Å². The van der Waals surface area contributed by atoms with Crippen LogP contribution in [0.2, 0.25) is 0 Å². The molecule has 21 heavy (non-hydrogen) atoms. The Bertz CT molecular complexity index is 820. The lowest BCUT2D eigenvalue weighted by atomic mass is 10.2. The molecule has 0 unspecified atom stereocenters. The molecule has 0 aliphatic rings. The van der Waals surface area contributed by atoms with Gasteiger partial charge in [-0.05, 0) is 38.1 Å². The number of pyridine rings is 1. The summed E-state index contributed by atoms with van der Waals surface area (Å²) in [7, 11) is 0. The Kier molecular flexibility index (Phi) is 3.39. The molecule has 5 nitrogen and oxygen atoms in total. The topological polar surface area (TPSA) is 81.2 Å². The highest BCUT2D eigenvalue weighted by molar-refractivity contribution is 7.21. The number of anilines is 1. The smallest absolute Gasteiger partial charge is 0.263 e. The van der Waals surface area contributed by atoms with Crippen LogP contribution in [-0.2, 0) is 6.54 Å². The van der Waals surface area contributed by atoms with Crippen molar-refractivity contribution in [2.24, 2.45) is 0 Å². The summed E-state index contributed by atoms with van der Waals surface area (Å²) >= 11 is 1.31. The molecule has 0 aliphatic heterocycles. The number of nitrogens with two attached hydrogens (primary N) is 1. The van der Waals surface area contributed by atoms with Gasteiger partial charge in [-0.3, -0.25) is 4.79 Å². The van der Waals surface area contributed by atoms with Crippen LogP contribution >= 0.6 is 11.3 Å². The van der Waals surface area contributed by atoms with Gasteiger partial charge in [0.25, 0.3) is 5.91 Å². The number of amides is 1. The molecule has 3 rings (SSSR count). The van der Waals surface area contributed by atoms with Crippen LogP contribution < -0.4 is 11.1 Å². The van der Waals surface area contributed by atoms with Crippen LogP contribution in [0.5, 0.6) is 0 Å². The van der Waals surface area contributed by atoms with E-state index in [-0.39, 0.29) is 5.91 Å². The SMILES string of the molecule is Cc1ccc2c(N)c(C(=O)NCc3ccc(C)o3)sc2n1. The number of hydrogen-bond donors (Lipinski definition) is 2. The summed E-state index contributed by atoms with van der Waals surface area (Å²) in [5.41, 5.74) is 7.44. The third-order valence-corrected chi connectivity index (χ3v) is 4.27. The van der Waals surface area contributed by atoms with Crippen molar-refractivity contribution < 1.29 is 9.21 Å². The molecular weight excluding hydrogens is 286 g/mol. The van der Waals surface area contributed by atoms with Gasteiger partial charge in [0.15, 0.2) is 0 Å². The lowest BCUT2D eigenvalue weighted by Gasteiger charge is -2.02. The zero-order valence-corrected chi connectivity index (χ0v) is 12.6. The van der Waals surface area contributed by atoms with E-state index in [0.717, 1.165) is 27.4 Å². The van der Waals surface area contributed by atoms with Crippen LogP contribution in [0.1, 0.15) is 26.9 Å². The normalized spacial score (nSPS) is 11.0. The van der Waals surface area contributed by atoms with E-state index in [1.165, 1.54) is 11.3 Å². The van der Waals surface area contributed by atoms with Crippen LogP contribution in [-0.4, -0.2) is 10.9 Å². The molecule has 1 amide bonds. The molecule has 3 aromatic rings. The first-order valence-electron chi connectivity index (χ1n) is 6.53. The monoisotopic (exact) mass is 301 g/mol. The van der Waals surface area contributed by atoms with E-state index in [1.807, 2.05) is 38.1 Å². The number of nitrogens with zero attached hydrogens (tertiary/aromatic N) is 1. The second-order valence-corrected chi connectivity index (χ2v) is 5.84. The van der Waals surface area contributed by atoms with Gasteiger partial charge in [0, 0.05) is 11.1 Å². The number of hydrogen-bond acceptors (Lipinski definition) is 5. The van der Waals surface area contributed by atoms with Gasteiger partial charge in [-0.15, -0.1) is 11.3 Å². The lowest BCUT2D eigenvalue weighted by Crippen LogP contribution is -2.22. The zero-order valence-electron chi connectivity index (χ0n) is 11.8. The number of nitrogens with one attached hydrogen (secondary N) is 1. The van der Waals surface area contributed by atoms with E-state index in [0.29, 0.717) is 17.1 Å². The van der Waals surface area contributed by atoms with Crippen molar-refractivity contribution in [1.82, 2.24) is 10.3 Å². The van der Waals surface area contributed by atoms with Gasteiger partial charge in [0.1, 0.15) is 21.2 Å². The molecule has 3 aromatic heterocycles. The molecule has 0 fully saturated rings. The van der Waals surface area contributed by atoms with Gasteiger partial charge in [0.2, 0.25) is 0 Å². The fourth-order valence-electron chi connectivity index (χ4n) is 2.09. The Morgan fingerprint density at radius 1 is 1.33 bits per heavy atom. The van der Waals surface area contributed by atoms with Crippen molar-refractivity contribution >= 4 is 33.1 Å². The Hall–Kier alpha value is -2.34.